The molecule has 1 aromatic carbocycles. The summed E-state index contributed by atoms with van der Waals surface area (Å²) in [6.07, 6.45) is 0. The van der Waals surface area contributed by atoms with Crippen LogP contribution in [0.3, 0.4) is 0 Å². The van der Waals surface area contributed by atoms with E-state index in [4.69, 9.17) is 20.2 Å². The van der Waals surface area contributed by atoms with E-state index in [-0.39, 0.29) is 45.1 Å². The molecule has 4 N–H and O–H groups in total. The Morgan fingerprint density at radius 1 is 1.21 bits per heavy atom. The molecule has 0 aliphatic rings. The number of hydrogen-bond acceptors (Lipinski definition) is 6. The summed E-state index contributed by atoms with van der Waals surface area (Å²) in [6.45, 7) is 4.19. The molecule has 6 nitrogen and oxygen atoms in total. The van der Waals surface area contributed by atoms with Gasteiger partial charge >= 0.3 is 8.60 Å². The molecule has 0 aliphatic heterocycles. The maximum absolute atomic E-state index is 8.59. The van der Waals surface area contributed by atoms with Crippen LogP contribution in [-0.4, -0.2) is 26.8 Å². The predicted molar refractivity (Wildman–Crippen MR) is 67.8 cm³/mol. The third kappa shape index (κ3) is 11.8. The van der Waals surface area contributed by atoms with Crippen LogP contribution < -0.4 is 4.52 Å². The minimum absolute atomic E-state index is 0. The molecule has 8 heteroatoms. The van der Waals surface area contributed by atoms with Crippen molar-refractivity contribution < 1.29 is 62.3 Å². The van der Waals surface area contributed by atoms with Crippen LogP contribution in [0.15, 0.2) is 24.3 Å². The summed E-state index contributed by atoms with van der Waals surface area (Å²) in [5, 5.41) is 16.3. The van der Waals surface area contributed by atoms with Gasteiger partial charge in [0.2, 0.25) is 0 Å². The Morgan fingerprint density at radius 3 is 2.16 bits per heavy atom. The average molecular weight is 367 g/mol. The first kappa shape index (κ1) is 21.6. The van der Waals surface area contributed by atoms with E-state index < -0.39 is 8.60 Å². The molecule has 19 heavy (non-hydrogen) atoms. The van der Waals surface area contributed by atoms with E-state index in [2.05, 4.69) is 9.41 Å². The summed E-state index contributed by atoms with van der Waals surface area (Å²) in [5.41, 5.74) is 0.542. The second kappa shape index (κ2) is 13.3. The molecule has 1 radical (unpaired) electrons. The fourth-order valence-electron chi connectivity index (χ4n) is 0.870. The van der Waals surface area contributed by atoms with Gasteiger partial charge in [0.1, 0.15) is 12.4 Å². The van der Waals surface area contributed by atoms with Crippen molar-refractivity contribution in [3.63, 3.8) is 0 Å². The molecule has 0 unspecified atom stereocenters. The molecule has 0 aromatic heterocycles. The number of aliphatic hydroxyl groups excluding tert-OH is 1. The summed E-state index contributed by atoms with van der Waals surface area (Å²) in [5.74, 6) is 0.725. The summed E-state index contributed by atoms with van der Waals surface area (Å²) in [6, 6.07) is 6.59. The van der Waals surface area contributed by atoms with Crippen LogP contribution in [0.2, 0.25) is 0 Å². The second-order valence-corrected chi connectivity index (χ2v) is 4.49. The zero-order chi connectivity index (χ0) is 14.0. The van der Waals surface area contributed by atoms with Crippen LogP contribution >= 0.6 is 8.60 Å². The summed E-state index contributed by atoms with van der Waals surface area (Å²) in [4.78, 5) is 21.1. The van der Waals surface area contributed by atoms with E-state index in [0.717, 1.165) is 0 Å². The molecule has 0 heterocycles. The van der Waals surface area contributed by atoms with Crippen molar-refractivity contribution in [2.45, 2.75) is 20.5 Å². The summed E-state index contributed by atoms with van der Waals surface area (Å²) >= 11 is 0. The molecule has 0 bridgehead atoms. The van der Waals surface area contributed by atoms with Crippen molar-refractivity contribution in [2.75, 3.05) is 6.61 Å². The molecule has 1 aromatic rings. The van der Waals surface area contributed by atoms with Crippen molar-refractivity contribution in [1.82, 2.24) is 0 Å². The van der Waals surface area contributed by atoms with Crippen LogP contribution in [0.4, 0.5) is 0 Å². The summed E-state index contributed by atoms with van der Waals surface area (Å²) in [7, 11) is -2.44. The van der Waals surface area contributed by atoms with Gasteiger partial charge in [-0.15, -0.1) is 0 Å². The van der Waals surface area contributed by atoms with Gasteiger partial charge in [-0.2, -0.15) is 0 Å². The summed E-state index contributed by atoms with van der Waals surface area (Å²) < 4.78 is 4.68. The van der Waals surface area contributed by atoms with Crippen molar-refractivity contribution in [3.05, 3.63) is 29.8 Å². The Balaban J connectivity index is 0. The maximum Gasteiger partial charge on any atom is 0.391 e. The van der Waals surface area contributed by atoms with Gasteiger partial charge in [0, 0.05) is 44.9 Å². The Hall–Kier alpha value is 0.354. The first-order valence-electron chi connectivity index (χ1n) is 5.32. The van der Waals surface area contributed by atoms with Gasteiger partial charge < -0.3 is 19.4 Å². The molecular weight excluding hydrogens is 348 g/mol. The van der Waals surface area contributed by atoms with Crippen molar-refractivity contribution in [1.29, 1.82) is 0 Å². The number of rotatable bonds is 5. The molecule has 0 aliphatic carbocycles. The smallest absolute Gasteiger partial charge is 0.391 e. The van der Waals surface area contributed by atoms with Crippen LogP contribution in [0.25, 0.3) is 0 Å². The quantitative estimate of drug-likeness (QED) is 0.361. The van der Waals surface area contributed by atoms with Gasteiger partial charge in [0.25, 0.3) is 0 Å². The molecule has 0 saturated heterocycles. The van der Waals surface area contributed by atoms with Gasteiger partial charge in [-0.3, -0.25) is 5.26 Å². The van der Waals surface area contributed by atoms with Gasteiger partial charge in [-0.25, -0.2) is 4.89 Å². The largest absolute Gasteiger partial charge is 0.427 e. The van der Waals surface area contributed by atoms with E-state index in [1.807, 2.05) is 13.8 Å². The topological polar surface area (TPSA) is 99.4 Å². The minimum Gasteiger partial charge on any atom is -0.427 e. The third-order valence-corrected chi connectivity index (χ3v) is 2.10. The molecule has 0 atom stereocenters. The minimum atomic E-state index is -2.44. The molecule has 0 fully saturated rings. The number of hydrogen-bond donors (Lipinski definition) is 4. The standard InChI is InChI=1S/C7H9O5P.C4H10O.Y/c8-11-5-6-3-1-2-4-7(6)12-13(9)10;1-4(2)3-5;/h1-4,8-10H,5H2;4-5H,3H2,1-2H3;. The number of para-hydroxylation sites is 1. The van der Waals surface area contributed by atoms with Gasteiger partial charge in [-0.05, 0) is 12.0 Å². The second-order valence-electron chi connectivity index (χ2n) is 3.80. The van der Waals surface area contributed by atoms with Gasteiger partial charge in [-0.1, -0.05) is 32.0 Å². The monoisotopic (exact) mass is 367 g/mol. The normalized spacial score (nSPS) is 9.68. The van der Waals surface area contributed by atoms with Crippen molar-refractivity contribution in [2.24, 2.45) is 5.92 Å². The van der Waals surface area contributed by atoms with Crippen LogP contribution in [-0.2, 0) is 44.2 Å². The Bertz CT molecular complexity index is 324. The first-order chi connectivity index (χ1) is 8.51. The fourth-order valence-corrected chi connectivity index (χ4v) is 1.22. The van der Waals surface area contributed by atoms with Crippen molar-refractivity contribution in [3.8, 4) is 5.75 Å². The van der Waals surface area contributed by atoms with Crippen LogP contribution in [0, 0.1) is 5.92 Å². The average Bonchev–Trinajstić information content (AvgIpc) is 2.32. The molecule has 0 amide bonds. The third-order valence-electron chi connectivity index (χ3n) is 1.74. The van der Waals surface area contributed by atoms with E-state index in [0.29, 0.717) is 18.1 Å². The van der Waals surface area contributed by atoms with Crippen molar-refractivity contribution >= 4 is 8.60 Å². The van der Waals surface area contributed by atoms with E-state index in [1.54, 1.807) is 24.3 Å². The van der Waals surface area contributed by atoms with Gasteiger partial charge in [0.05, 0.1) is 0 Å². The maximum atomic E-state index is 8.59. The molecule has 0 saturated carbocycles. The first-order valence-corrected chi connectivity index (χ1v) is 6.48. The molecular formula is C11H19O6PY. The fraction of sp³-hybridized carbons (Fsp3) is 0.455. The molecule has 1 rings (SSSR count). The number of benzene rings is 1. The predicted octanol–water partition coefficient (Wildman–Crippen LogP) is 1.90. The molecule has 107 valence electrons. The number of aliphatic hydroxyl groups is 1. The van der Waals surface area contributed by atoms with Crippen LogP contribution in [0.1, 0.15) is 19.4 Å². The van der Waals surface area contributed by atoms with Gasteiger partial charge in [0.15, 0.2) is 0 Å². The van der Waals surface area contributed by atoms with E-state index in [9.17, 15) is 0 Å². The molecule has 0 spiro atoms. The zero-order valence-electron chi connectivity index (χ0n) is 10.9. The Kier molecular flexibility index (Phi) is 15.2. The Morgan fingerprint density at radius 2 is 1.74 bits per heavy atom. The SMILES string of the molecule is CC(C)CO.OOCc1ccccc1OP(O)O.[Y]. The van der Waals surface area contributed by atoms with Crippen LogP contribution in [0.5, 0.6) is 5.75 Å². The van der Waals surface area contributed by atoms with E-state index in [1.165, 1.54) is 0 Å². The van der Waals surface area contributed by atoms with E-state index >= 15 is 0 Å². The zero-order valence-corrected chi connectivity index (χ0v) is 14.7. The Labute approximate surface area is 139 Å².